The van der Waals surface area contributed by atoms with E-state index in [1.165, 1.54) is 0 Å². The molecule has 0 aromatic carbocycles. The maximum atomic E-state index is 12.5. The van der Waals surface area contributed by atoms with Gasteiger partial charge in [-0.3, -0.25) is 4.79 Å². The predicted octanol–water partition coefficient (Wildman–Crippen LogP) is 2.20. The summed E-state index contributed by atoms with van der Waals surface area (Å²) in [7, 11) is 0. The minimum absolute atomic E-state index is 0.104. The van der Waals surface area contributed by atoms with Gasteiger partial charge in [0.25, 0.3) is 5.91 Å². The maximum absolute atomic E-state index is 12.5. The third-order valence-corrected chi connectivity index (χ3v) is 4.15. The topological polar surface area (TPSA) is 80.6 Å². The molecule has 2 N–H and O–H groups in total. The first-order valence-corrected chi connectivity index (χ1v) is 7.66. The van der Waals surface area contributed by atoms with Gasteiger partial charge in [-0.15, -0.1) is 0 Å². The van der Waals surface area contributed by atoms with Crippen LogP contribution >= 0.6 is 15.9 Å². The SMILES string of the molecule is CC(C)n1cc(Br)cc1C(=O)NC1(C(=O)O)CCOCC1. The summed E-state index contributed by atoms with van der Waals surface area (Å²) in [5, 5.41) is 12.2. The second-order valence-corrected chi connectivity index (χ2v) is 6.41. The molecule has 1 saturated heterocycles. The number of carbonyl (C=O) groups excluding carboxylic acids is 1. The first-order chi connectivity index (χ1) is 9.85. The molecule has 0 unspecified atom stereocenters. The second kappa shape index (κ2) is 6.19. The molecule has 2 heterocycles. The van der Waals surface area contributed by atoms with Crippen LogP contribution in [0.25, 0.3) is 0 Å². The minimum atomic E-state index is -1.24. The standard InChI is InChI=1S/C14H19BrN2O4/c1-9(2)17-8-10(15)7-11(17)12(18)16-14(13(19)20)3-5-21-6-4-14/h7-9H,3-6H2,1-2H3,(H,16,18)(H,19,20). The number of amides is 1. The van der Waals surface area contributed by atoms with E-state index in [2.05, 4.69) is 21.2 Å². The van der Waals surface area contributed by atoms with Crippen molar-refractivity contribution in [2.75, 3.05) is 13.2 Å². The number of aromatic nitrogens is 1. The Bertz CT molecular complexity index is 547. The lowest BCUT2D eigenvalue weighted by Crippen LogP contribution is -2.57. The molecule has 0 aliphatic carbocycles. The average molecular weight is 359 g/mol. The summed E-state index contributed by atoms with van der Waals surface area (Å²) in [6.45, 7) is 4.60. The van der Waals surface area contributed by atoms with Crippen molar-refractivity contribution in [1.82, 2.24) is 9.88 Å². The van der Waals surface area contributed by atoms with E-state index in [0.29, 0.717) is 18.9 Å². The van der Waals surface area contributed by atoms with Crippen LogP contribution in [0, 0.1) is 0 Å². The van der Waals surface area contributed by atoms with Crippen molar-refractivity contribution in [3.8, 4) is 0 Å². The van der Waals surface area contributed by atoms with Crippen LogP contribution in [0.1, 0.15) is 43.2 Å². The number of carbonyl (C=O) groups is 2. The Hall–Kier alpha value is -1.34. The van der Waals surface area contributed by atoms with Gasteiger partial charge in [-0.1, -0.05) is 0 Å². The zero-order valence-electron chi connectivity index (χ0n) is 12.1. The van der Waals surface area contributed by atoms with Crippen LogP contribution in [0.3, 0.4) is 0 Å². The van der Waals surface area contributed by atoms with Gasteiger partial charge in [0, 0.05) is 42.8 Å². The van der Waals surface area contributed by atoms with E-state index in [-0.39, 0.29) is 24.8 Å². The maximum Gasteiger partial charge on any atom is 0.329 e. The Morgan fingerprint density at radius 1 is 1.43 bits per heavy atom. The molecule has 1 aliphatic rings. The fourth-order valence-electron chi connectivity index (χ4n) is 2.45. The van der Waals surface area contributed by atoms with Gasteiger partial charge >= 0.3 is 5.97 Å². The van der Waals surface area contributed by atoms with Crippen molar-refractivity contribution in [1.29, 1.82) is 0 Å². The first-order valence-electron chi connectivity index (χ1n) is 6.87. The monoisotopic (exact) mass is 358 g/mol. The van der Waals surface area contributed by atoms with Gasteiger partial charge in [0.1, 0.15) is 11.2 Å². The van der Waals surface area contributed by atoms with Gasteiger partial charge in [-0.25, -0.2) is 4.79 Å². The summed E-state index contributed by atoms with van der Waals surface area (Å²) in [6.07, 6.45) is 2.37. The van der Waals surface area contributed by atoms with E-state index < -0.39 is 11.5 Å². The highest BCUT2D eigenvalue weighted by molar-refractivity contribution is 9.10. The van der Waals surface area contributed by atoms with Crippen LogP contribution in [0.2, 0.25) is 0 Å². The highest BCUT2D eigenvalue weighted by atomic mass is 79.9. The van der Waals surface area contributed by atoms with E-state index in [4.69, 9.17) is 4.74 Å². The minimum Gasteiger partial charge on any atom is -0.480 e. The molecule has 0 radical (unpaired) electrons. The van der Waals surface area contributed by atoms with Crippen LogP contribution in [0.15, 0.2) is 16.7 Å². The molecule has 21 heavy (non-hydrogen) atoms. The van der Waals surface area contributed by atoms with E-state index in [1.807, 2.05) is 24.6 Å². The number of carboxylic acid groups (broad SMARTS) is 1. The van der Waals surface area contributed by atoms with Gasteiger partial charge in [0.05, 0.1) is 0 Å². The highest BCUT2D eigenvalue weighted by Crippen LogP contribution is 2.24. The molecular formula is C14H19BrN2O4. The van der Waals surface area contributed by atoms with E-state index >= 15 is 0 Å². The van der Waals surface area contributed by atoms with Gasteiger partial charge in [-0.2, -0.15) is 0 Å². The molecule has 1 aromatic rings. The Morgan fingerprint density at radius 3 is 2.57 bits per heavy atom. The van der Waals surface area contributed by atoms with Crippen LogP contribution < -0.4 is 5.32 Å². The summed E-state index contributed by atoms with van der Waals surface area (Å²) in [5.74, 6) is -1.39. The molecule has 1 aliphatic heterocycles. The summed E-state index contributed by atoms with van der Waals surface area (Å²) in [6, 6.07) is 1.80. The lowest BCUT2D eigenvalue weighted by Gasteiger charge is -2.34. The largest absolute Gasteiger partial charge is 0.480 e. The van der Waals surface area contributed by atoms with Gasteiger partial charge in [0.2, 0.25) is 0 Å². The smallest absolute Gasteiger partial charge is 0.329 e. The summed E-state index contributed by atoms with van der Waals surface area (Å²) in [4.78, 5) is 24.1. The van der Waals surface area contributed by atoms with Crippen molar-refractivity contribution in [3.05, 3.63) is 22.4 Å². The Morgan fingerprint density at radius 2 is 2.05 bits per heavy atom. The zero-order valence-corrected chi connectivity index (χ0v) is 13.6. The number of ether oxygens (including phenoxy) is 1. The zero-order chi connectivity index (χ0) is 15.6. The van der Waals surface area contributed by atoms with Gasteiger partial charge < -0.3 is 19.7 Å². The molecule has 116 valence electrons. The lowest BCUT2D eigenvalue weighted by molar-refractivity contribution is -0.148. The Labute approximate surface area is 131 Å². The number of rotatable bonds is 4. The lowest BCUT2D eigenvalue weighted by atomic mass is 9.90. The number of hydrogen-bond donors (Lipinski definition) is 2. The first kappa shape index (κ1) is 16.0. The van der Waals surface area contributed by atoms with Crippen LogP contribution in [-0.2, 0) is 9.53 Å². The summed E-state index contributed by atoms with van der Waals surface area (Å²) >= 11 is 3.35. The van der Waals surface area contributed by atoms with E-state index in [9.17, 15) is 14.7 Å². The fraction of sp³-hybridized carbons (Fsp3) is 0.571. The van der Waals surface area contributed by atoms with E-state index in [0.717, 1.165) is 4.47 Å². The van der Waals surface area contributed by atoms with Crippen molar-refractivity contribution in [2.24, 2.45) is 0 Å². The number of hydrogen-bond acceptors (Lipinski definition) is 3. The molecule has 0 spiro atoms. The predicted molar refractivity (Wildman–Crippen MR) is 80.4 cm³/mol. The molecular weight excluding hydrogens is 340 g/mol. The number of aliphatic carboxylic acids is 1. The molecule has 0 atom stereocenters. The third-order valence-electron chi connectivity index (χ3n) is 3.71. The van der Waals surface area contributed by atoms with E-state index in [1.54, 1.807) is 6.07 Å². The Kier molecular flexibility index (Phi) is 4.73. The summed E-state index contributed by atoms with van der Waals surface area (Å²) in [5.41, 5.74) is -0.794. The van der Waals surface area contributed by atoms with Crippen LogP contribution in [0.4, 0.5) is 0 Å². The average Bonchev–Trinajstić information content (AvgIpc) is 2.82. The summed E-state index contributed by atoms with van der Waals surface area (Å²) < 4.78 is 7.80. The van der Waals surface area contributed by atoms with Crippen LogP contribution in [-0.4, -0.2) is 40.3 Å². The number of halogens is 1. The quantitative estimate of drug-likeness (QED) is 0.864. The molecule has 0 saturated carbocycles. The van der Waals surface area contributed by atoms with Gasteiger partial charge in [-0.05, 0) is 35.8 Å². The molecule has 7 heteroatoms. The highest BCUT2D eigenvalue weighted by Gasteiger charge is 2.42. The van der Waals surface area contributed by atoms with Crippen molar-refractivity contribution < 1.29 is 19.4 Å². The normalized spacial score (nSPS) is 17.7. The fourth-order valence-corrected chi connectivity index (χ4v) is 2.89. The molecule has 0 bridgehead atoms. The van der Waals surface area contributed by atoms with Gasteiger partial charge in [0.15, 0.2) is 0 Å². The van der Waals surface area contributed by atoms with Crippen molar-refractivity contribution >= 4 is 27.8 Å². The molecule has 1 fully saturated rings. The molecule has 6 nitrogen and oxygen atoms in total. The number of carboxylic acids is 1. The number of nitrogens with zero attached hydrogens (tertiary/aromatic N) is 1. The second-order valence-electron chi connectivity index (χ2n) is 5.50. The molecule has 2 rings (SSSR count). The van der Waals surface area contributed by atoms with Crippen LogP contribution in [0.5, 0.6) is 0 Å². The molecule has 1 amide bonds. The molecule has 1 aromatic heterocycles. The third kappa shape index (κ3) is 3.29. The Balaban J connectivity index is 2.25. The van der Waals surface area contributed by atoms with Crippen molar-refractivity contribution in [3.63, 3.8) is 0 Å². The van der Waals surface area contributed by atoms with Crippen molar-refractivity contribution in [2.45, 2.75) is 38.3 Å². The number of nitrogens with one attached hydrogen (secondary N) is 1.